The van der Waals surface area contributed by atoms with Gasteiger partial charge in [-0.15, -0.1) is 4.40 Å². The fourth-order valence-electron chi connectivity index (χ4n) is 2.28. The molecule has 0 unspecified atom stereocenters. The molecule has 0 aromatic heterocycles. The average Bonchev–Trinajstić information content (AvgIpc) is 2.79. The van der Waals surface area contributed by atoms with Crippen LogP contribution in [0.5, 0.6) is 0 Å². The van der Waals surface area contributed by atoms with Crippen LogP contribution in [0.15, 0.2) is 25.9 Å². The molecule has 1 aliphatic rings. The first-order chi connectivity index (χ1) is 10.3. The first-order valence-corrected chi connectivity index (χ1v) is 8.80. The van der Waals surface area contributed by atoms with Crippen molar-refractivity contribution in [2.75, 3.05) is 18.1 Å². The van der Waals surface area contributed by atoms with Crippen LogP contribution in [0.1, 0.15) is 18.9 Å². The molecule has 120 valence electrons. The van der Waals surface area contributed by atoms with E-state index in [-0.39, 0.29) is 29.7 Å². The summed E-state index contributed by atoms with van der Waals surface area (Å²) >= 11 is 3.23. The molecule has 3 N–H and O–H groups in total. The van der Waals surface area contributed by atoms with Crippen LogP contribution in [0.4, 0.5) is 5.69 Å². The van der Waals surface area contributed by atoms with E-state index < -0.39 is 10.0 Å². The number of nitrogens with zero attached hydrogens (tertiary/aromatic N) is 2. The Bertz CT molecular complexity index is 746. The van der Waals surface area contributed by atoms with Gasteiger partial charge in [0.05, 0.1) is 6.61 Å². The molecule has 0 radical (unpaired) electrons. The van der Waals surface area contributed by atoms with Gasteiger partial charge in [-0.3, -0.25) is 4.79 Å². The normalized spacial score (nSPS) is 15.0. The summed E-state index contributed by atoms with van der Waals surface area (Å²) in [4.78, 5) is 13.1. The summed E-state index contributed by atoms with van der Waals surface area (Å²) in [7, 11) is -4.02. The number of benzene rings is 1. The smallest absolute Gasteiger partial charge is 0.285 e. The van der Waals surface area contributed by atoms with Crippen molar-refractivity contribution in [3.8, 4) is 0 Å². The summed E-state index contributed by atoms with van der Waals surface area (Å²) in [5.41, 5.74) is 6.95. The van der Waals surface area contributed by atoms with Gasteiger partial charge in [0.1, 0.15) is 10.7 Å². The van der Waals surface area contributed by atoms with E-state index in [0.29, 0.717) is 23.1 Å². The number of carbonyl (C=O) groups is 1. The van der Waals surface area contributed by atoms with Crippen LogP contribution in [-0.2, 0) is 21.2 Å². The Labute approximate surface area is 137 Å². The fraction of sp³-hybridized carbons (Fsp3) is 0.385. The molecule has 0 bridgehead atoms. The van der Waals surface area contributed by atoms with Gasteiger partial charge in [-0.25, -0.2) is 0 Å². The third-order valence-electron chi connectivity index (χ3n) is 3.29. The summed E-state index contributed by atoms with van der Waals surface area (Å²) in [5, 5.41) is 8.77. The Morgan fingerprint density at radius 3 is 2.77 bits per heavy atom. The number of aliphatic hydroxyl groups is 1. The summed E-state index contributed by atoms with van der Waals surface area (Å²) in [6.45, 7) is 1.67. The van der Waals surface area contributed by atoms with Crippen molar-refractivity contribution in [1.82, 2.24) is 0 Å². The van der Waals surface area contributed by atoms with Crippen molar-refractivity contribution in [1.29, 1.82) is 0 Å². The lowest BCUT2D eigenvalue weighted by atomic mass is 10.2. The number of rotatable bonds is 4. The average molecular weight is 390 g/mol. The molecule has 0 spiro atoms. The first-order valence-electron chi connectivity index (χ1n) is 6.57. The van der Waals surface area contributed by atoms with Crippen LogP contribution in [0.3, 0.4) is 0 Å². The zero-order valence-corrected chi connectivity index (χ0v) is 14.3. The number of amidine groups is 1. The van der Waals surface area contributed by atoms with E-state index in [0.717, 1.165) is 5.56 Å². The summed E-state index contributed by atoms with van der Waals surface area (Å²) in [6.07, 6.45) is 0.644. The quantitative estimate of drug-likeness (QED) is 0.583. The van der Waals surface area contributed by atoms with Gasteiger partial charge in [0.25, 0.3) is 10.0 Å². The van der Waals surface area contributed by atoms with Gasteiger partial charge < -0.3 is 15.7 Å². The minimum Gasteiger partial charge on any atom is -0.396 e. The number of amides is 1. The van der Waals surface area contributed by atoms with Crippen LogP contribution >= 0.6 is 15.9 Å². The number of fused-ring (bicyclic) bond motifs is 1. The zero-order valence-electron chi connectivity index (χ0n) is 11.9. The molecular formula is C13H16BrN3O4S. The number of aliphatic hydroxyl groups excluding tert-OH is 1. The molecule has 0 saturated carbocycles. The van der Waals surface area contributed by atoms with Crippen LogP contribution in [0, 0.1) is 0 Å². The molecule has 1 aromatic carbocycles. The predicted octanol–water partition coefficient (Wildman–Crippen LogP) is 0.786. The van der Waals surface area contributed by atoms with Crippen LogP contribution < -0.4 is 10.6 Å². The number of carbonyl (C=O) groups excluding carboxylic acids is 1. The van der Waals surface area contributed by atoms with E-state index in [2.05, 4.69) is 20.3 Å². The van der Waals surface area contributed by atoms with E-state index >= 15 is 0 Å². The summed E-state index contributed by atoms with van der Waals surface area (Å²) in [5.74, 6) is -0.314. The molecule has 7 nitrogen and oxygen atoms in total. The van der Waals surface area contributed by atoms with Crippen LogP contribution in [0.25, 0.3) is 0 Å². The molecule has 22 heavy (non-hydrogen) atoms. The Balaban J connectivity index is 2.51. The highest BCUT2D eigenvalue weighted by molar-refractivity contribution is 9.10. The maximum absolute atomic E-state index is 12.3. The monoisotopic (exact) mass is 389 g/mol. The number of sulfonamides is 1. The van der Waals surface area contributed by atoms with E-state index in [1.54, 1.807) is 6.07 Å². The highest BCUT2D eigenvalue weighted by Gasteiger charge is 2.27. The molecule has 1 aromatic rings. The SMILES string of the molecule is CC(=O)N1CCc2cc(Br)c(S(=O)(=O)N=C(N)CCO)cc21. The molecule has 0 fully saturated rings. The van der Waals surface area contributed by atoms with Crippen molar-refractivity contribution in [2.45, 2.75) is 24.7 Å². The first kappa shape index (κ1) is 16.9. The number of nitrogens with two attached hydrogens (primary N) is 1. The number of hydrogen-bond acceptors (Lipinski definition) is 4. The van der Waals surface area contributed by atoms with Crippen molar-refractivity contribution in [3.63, 3.8) is 0 Å². The Morgan fingerprint density at radius 1 is 1.50 bits per heavy atom. The second kappa shape index (κ2) is 6.35. The lowest BCUT2D eigenvalue weighted by Gasteiger charge is -2.16. The van der Waals surface area contributed by atoms with Crippen LogP contribution in [0.2, 0.25) is 0 Å². The largest absolute Gasteiger partial charge is 0.396 e. The number of halogens is 1. The van der Waals surface area contributed by atoms with Gasteiger partial charge in [-0.2, -0.15) is 8.42 Å². The van der Waals surface area contributed by atoms with E-state index in [9.17, 15) is 13.2 Å². The second-order valence-electron chi connectivity index (χ2n) is 4.86. The van der Waals surface area contributed by atoms with Crippen molar-refractivity contribution in [3.05, 3.63) is 22.2 Å². The summed E-state index contributed by atoms with van der Waals surface area (Å²) < 4.78 is 28.5. The van der Waals surface area contributed by atoms with Gasteiger partial charge in [0, 0.05) is 30.0 Å². The molecule has 1 amide bonds. The lowest BCUT2D eigenvalue weighted by molar-refractivity contribution is -0.116. The lowest BCUT2D eigenvalue weighted by Crippen LogP contribution is -2.26. The number of hydrogen-bond donors (Lipinski definition) is 2. The Hall–Kier alpha value is -1.45. The third-order valence-corrected chi connectivity index (χ3v) is 5.58. The van der Waals surface area contributed by atoms with Gasteiger partial charge in [-0.05, 0) is 40.0 Å². The van der Waals surface area contributed by atoms with Gasteiger partial charge >= 0.3 is 0 Å². The Kier molecular flexibility index (Phi) is 4.88. The second-order valence-corrected chi connectivity index (χ2v) is 7.29. The number of anilines is 1. The third kappa shape index (κ3) is 3.31. The molecule has 0 saturated heterocycles. The highest BCUT2D eigenvalue weighted by Crippen LogP contribution is 2.36. The van der Waals surface area contributed by atoms with Crippen molar-refractivity contribution in [2.24, 2.45) is 10.1 Å². The van der Waals surface area contributed by atoms with E-state index in [1.807, 2.05) is 0 Å². The van der Waals surface area contributed by atoms with Gasteiger partial charge in [0.2, 0.25) is 5.91 Å². The Morgan fingerprint density at radius 2 is 2.18 bits per heavy atom. The molecule has 0 atom stereocenters. The topological polar surface area (TPSA) is 113 Å². The van der Waals surface area contributed by atoms with Crippen molar-refractivity contribution < 1.29 is 18.3 Å². The van der Waals surface area contributed by atoms with Gasteiger partial charge in [-0.1, -0.05) is 0 Å². The standard InChI is InChI=1S/C13H16BrN3O4S/c1-8(19)17-4-2-9-6-10(14)12(7-11(9)17)22(20,21)16-13(15)3-5-18/h6-7,18H,2-5H2,1H3,(H2,15,16). The van der Waals surface area contributed by atoms with Gasteiger partial charge in [0.15, 0.2) is 0 Å². The molecule has 1 heterocycles. The summed E-state index contributed by atoms with van der Waals surface area (Å²) in [6, 6.07) is 3.11. The molecular weight excluding hydrogens is 374 g/mol. The maximum atomic E-state index is 12.3. The molecule has 2 rings (SSSR count). The predicted molar refractivity (Wildman–Crippen MR) is 86.4 cm³/mol. The maximum Gasteiger partial charge on any atom is 0.285 e. The van der Waals surface area contributed by atoms with Crippen molar-refractivity contribution >= 4 is 43.4 Å². The minimum atomic E-state index is -4.02. The molecule has 0 aliphatic carbocycles. The zero-order chi connectivity index (χ0) is 16.5. The fourth-order valence-corrected chi connectivity index (χ4v) is 4.35. The minimum absolute atomic E-state index is 0.0264. The van der Waals surface area contributed by atoms with E-state index in [1.165, 1.54) is 17.9 Å². The highest BCUT2D eigenvalue weighted by atomic mass is 79.9. The van der Waals surface area contributed by atoms with E-state index in [4.69, 9.17) is 10.8 Å². The molecule has 1 aliphatic heterocycles. The van der Waals surface area contributed by atoms with Crippen LogP contribution in [-0.4, -0.2) is 38.4 Å². The molecule has 9 heteroatoms.